The number of non-ortho nitro benzene ring substituents is 1. The predicted molar refractivity (Wildman–Crippen MR) is 89.5 cm³/mol. The Bertz CT molecular complexity index is 732. The molecule has 0 bridgehead atoms. The number of rotatable bonds is 4. The van der Waals surface area contributed by atoms with E-state index >= 15 is 0 Å². The number of nitrogens with one attached hydrogen (secondary N) is 1. The van der Waals surface area contributed by atoms with Gasteiger partial charge in [0.1, 0.15) is 0 Å². The minimum absolute atomic E-state index is 0.122. The van der Waals surface area contributed by atoms with Crippen LogP contribution in [0.4, 0.5) is 17.1 Å². The second-order valence-corrected chi connectivity index (χ2v) is 5.64. The van der Waals surface area contributed by atoms with Crippen LogP contribution >= 0.6 is 15.9 Å². The molecule has 0 aromatic heterocycles. The minimum atomic E-state index is -0.519. The number of nitrogens with zero attached hydrogens (tertiary/aromatic N) is 2. The summed E-state index contributed by atoms with van der Waals surface area (Å²) in [5.74, 6) is -0.403. The van der Waals surface area contributed by atoms with Crippen LogP contribution in [0.1, 0.15) is 10.4 Å². The number of carbonyl (C=O) groups is 1. The summed E-state index contributed by atoms with van der Waals surface area (Å²) in [6.07, 6.45) is 0. The summed E-state index contributed by atoms with van der Waals surface area (Å²) < 4.78 is 0.736. The third kappa shape index (κ3) is 3.43. The highest BCUT2D eigenvalue weighted by molar-refractivity contribution is 9.10. The summed E-state index contributed by atoms with van der Waals surface area (Å²) in [5, 5.41) is 13.7. The van der Waals surface area contributed by atoms with Gasteiger partial charge < -0.3 is 10.2 Å². The van der Waals surface area contributed by atoms with Gasteiger partial charge in [-0.05, 0) is 34.1 Å². The van der Waals surface area contributed by atoms with Gasteiger partial charge in [0.05, 0.1) is 16.2 Å². The lowest BCUT2D eigenvalue weighted by molar-refractivity contribution is -0.384. The number of para-hydroxylation sites is 1. The molecule has 0 aliphatic carbocycles. The number of halogens is 1. The maximum absolute atomic E-state index is 12.5. The number of benzene rings is 2. The summed E-state index contributed by atoms with van der Waals surface area (Å²) >= 11 is 3.35. The highest BCUT2D eigenvalue weighted by atomic mass is 79.9. The monoisotopic (exact) mass is 363 g/mol. The summed E-state index contributed by atoms with van der Waals surface area (Å²) in [4.78, 5) is 24.6. The average molecular weight is 364 g/mol. The molecule has 6 nitrogen and oxygen atoms in total. The van der Waals surface area contributed by atoms with Crippen LogP contribution in [0, 0.1) is 10.1 Å². The van der Waals surface area contributed by atoms with Crippen molar-refractivity contribution in [1.82, 2.24) is 0 Å². The molecule has 0 aliphatic rings. The van der Waals surface area contributed by atoms with Crippen molar-refractivity contribution in [2.45, 2.75) is 0 Å². The Labute approximate surface area is 136 Å². The highest BCUT2D eigenvalue weighted by Crippen LogP contribution is 2.27. The van der Waals surface area contributed by atoms with Crippen LogP contribution in [-0.4, -0.2) is 24.9 Å². The third-order valence-corrected chi connectivity index (χ3v) is 3.73. The lowest BCUT2D eigenvalue weighted by Gasteiger charge is -2.17. The van der Waals surface area contributed by atoms with E-state index in [9.17, 15) is 14.9 Å². The van der Waals surface area contributed by atoms with E-state index < -0.39 is 10.8 Å². The van der Waals surface area contributed by atoms with Crippen LogP contribution in [0.25, 0.3) is 0 Å². The molecule has 0 spiro atoms. The maximum atomic E-state index is 12.5. The van der Waals surface area contributed by atoms with E-state index in [0.717, 1.165) is 4.47 Å². The molecule has 0 heterocycles. The minimum Gasteiger partial charge on any atom is -0.377 e. The molecule has 2 aromatic rings. The first kappa shape index (κ1) is 16.0. The first-order valence-corrected chi connectivity index (χ1v) is 7.21. The van der Waals surface area contributed by atoms with Crippen LogP contribution in [0.2, 0.25) is 0 Å². The molecule has 7 heteroatoms. The largest absolute Gasteiger partial charge is 0.377 e. The van der Waals surface area contributed by atoms with Gasteiger partial charge in [-0.25, -0.2) is 0 Å². The molecule has 2 rings (SSSR count). The predicted octanol–water partition coefficient (Wildman–Crippen LogP) is 3.68. The Kier molecular flexibility index (Phi) is 4.77. The maximum Gasteiger partial charge on any atom is 0.270 e. The molecule has 0 saturated heterocycles. The van der Waals surface area contributed by atoms with Gasteiger partial charge in [0.2, 0.25) is 0 Å². The van der Waals surface area contributed by atoms with E-state index in [1.165, 1.54) is 12.1 Å². The number of amides is 1. The van der Waals surface area contributed by atoms with Gasteiger partial charge in [0.15, 0.2) is 0 Å². The van der Waals surface area contributed by atoms with Crippen LogP contribution in [0.3, 0.4) is 0 Å². The SMILES string of the molecule is CN(C)c1ccc([N+](=O)[O-])cc1C(=O)Nc1ccccc1Br. The number of anilines is 2. The topological polar surface area (TPSA) is 75.5 Å². The summed E-state index contributed by atoms with van der Waals surface area (Å²) in [5.41, 5.74) is 1.33. The molecule has 1 amide bonds. The van der Waals surface area contributed by atoms with Crippen LogP contribution < -0.4 is 10.2 Å². The highest BCUT2D eigenvalue weighted by Gasteiger charge is 2.18. The smallest absolute Gasteiger partial charge is 0.270 e. The van der Waals surface area contributed by atoms with Gasteiger partial charge >= 0.3 is 0 Å². The van der Waals surface area contributed by atoms with E-state index in [2.05, 4.69) is 21.2 Å². The molecule has 0 saturated carbocycles. The summed E-state index contributed by atoms with van der Waals surface area (Å²) in [6, 6.07) is 11.4. The Morgan fingerprint density at radius 1 is 1.23 bits per heavy atom. The lowest BCUT2D eigenvalue weighted by Crippen LogP contribution is -2.19. The number of nitro groups is 1. The van der Waals surface area contributed by atoms with Crippen LogP contribution in [0.15, 0.2) is 46.9 Å². The number of carbonyl (C=O) groups excluding carboxylic acids is 1. The molecular formula is C15H14BrN3O3. The van der Waals surface area contributed by atoms with Crippen molar-refractivity contribution in [2.24, 2.45) is 0 Å². The molecule has 22 heavy (non-hydrogen) atoms. The lowest BCUT2D eigenvalue weighted by atomic mass is 10.1. The average Bonchev–Trinajstić information content (AvgIpc) is 2.48. The van der Waals surface area contributed by atoms with E-state index in [1.54, 1.807) is 43.3 Å². The van der Waals surface area contributed by atoms with Crippen molar-refractivity contribution in [3.8, 4) is 0 Å². The van der Waals surface area contributed by atoms with Crippen molar-refractivity contribution < 1.29 is 9.72 Å². The molecule has 0 atom stereocenters. The standard InChI is InChI=1S/C15H14BrN3O3/c1-18(2)14-8-7-10(19(21)22)9-11(14)15(20)17-13-6-4-3-5-12(13)16/h3-9H,1-2H3,(H,17,20). The fraction of sp³-hybridized carbons (Fsp3) is 0.133. The first-order chi connectivity index (χ1) is 10.4. The third-order valence-electron chi connectivity index (χ3n) is 3.04. The molecule has 2 aromatic carbocycles. The second kappa shape index (κ2) is 6.57. The quantitative estimate of drug-likeness (QED) is 0.663. The molecular weight excluding hydrogens is 350 g/mol. The van der Waals surface area contributed by atoms with Gasteiger partial charge in [-0.1, -0.05) is 12.1 Å². The van der Waals surface area contributed by atoms with Gasteiger partial charge in [0, 0.05) is 36.4 Å². The number of nitro benzene ring substituents is 1. The summed E-state index contributed by atoms with van der Waals surface area (Å²) in [6.45, 7) is 0. The zero-order chi connectivity index (χ0) is 16.3. The van der Waals surface area contributed by atoms with E-state index in [1.807, 2.05) is 6.07 Å². The van der Waals surface area contributed by atoms with Gasteiger partial charge in [-0.15, -0.1) is 0 Å². The normalized spacial score (nSPS) is 10.1. The van der Waals surface area contributed by atoms with E-state index in [0.29, 0.717) is 11.4 Å². The van der Waals surface area contributed by atoms with Crippen molar-refractivity contribution in [3.05, 3.63) is 62.6 Å². The summed E-state index contributed by atoms with van der Waals surface area (Å²) in [7, 11) is 3.55. The zero-order valence-electron chi connectivity index (χ0n) is 12.0. The molecule has 0 aliphatic heterocycles. The van der Waals surface area contributed by atoms with E-state index in [4.69, 9.17) is 0 Å². The number of hydrogen-bond acceptors (Lipinski definition) is 4. The van der Waals surface area contributed by atoms with Crippen molar-refractivity contribution >= 4 is 38.9 Å². The molecule has 0 fully saturated rings. The van der Waals surface area contributed by atoms with E-state index in [-0.39, 0.29) is 11.3 Å². The molecule has 114 valence electrons. The van der Waals surface area contributed by atoms with Crippen LogP contribution in [0.5, 0.6) is 0 Å². The fourth-order valence-corrected chi connectivity index (χ4v) is 2.35. The zero-order valence-corrected chi connectivity index (χ0v) is 13.6. The van der Waals surface area contributed by atoms with Gasteiger partial charge in [-0.3, -0.25) is 14.9 Å². The Hall–Kier alpha value is -2.41. The van der Waals surface area contributed by atoms with Crippen LogP contribution in [-0.2, 0) is 0 Å². The van der Waals surface area contributed by atoms with Gasteiger partial charge in [0.25, 0.3) is 11.6 Å². The van der Waals surface area contributed by atoms with Gasteiger partial charge in [-0.2, -0.15) is 0 Å². The van der Waals surface area contributed by atoms with Crippen molar-refractivity contribution in [1.29, 1.82) is 0 Å². The Morgan fingerprint density at radius 2 is 1.91 bits per heavy atom. The Morgan fingerprint density at radius 3 is 2.50 bits per heavy atom. The van der Waals surface area contributed by atoms with Crippen molar-refractivity contribution in [3.63, 3.8) is 0 Å². The Balaban J connectivity index is 2.41. The number of hydrogen-bond donors (Lipinski definition) is 1. The second-order valence-electron chi connectivity index (χ2n) is 4.79. The van der Waals surface area contributed by atoms with Crippen molar-refractivity contribution in [2.75, 3.05) is 24.3 Å². The molecule has 1 N–H and O–H groups in total. The molecule has 0 radical (unpaired) electrons. The first-order valence-electron chi connectivity index (χ1n) is 6.42. The fourth-order valence-electron chi connectivity index (χ4n) is 1.96. The molecule has 0 unspecified atom stereocenters.